The summed E-state index contributed by atoms with van der Waals surface area (Å²) >= 11 is 0. The molecule has 0 bridgehead atoms. The number of hydrogen-bond donors (Lipinski definition) is 0. The third kappa shape index (κ3) is 3.31. The van der Waals surface area contributed by atoms with E-state index in [0.717, 1.165) is 25.8 Å². The largest absolute Gasteiger partial charge is 0.303 e. The van der Waals surface area contributed by atoms with Gasteiger partial charge < -0.3 is 4.90 Å². The Morgan fingerprint density at radius 1 is 1.29 bits per heavy atom. The Labute approximate surface area is 106 Å². The lowest BCUT2D eigenvalue weighted by atomic mass is 9.78. The highest BCUT2D eigenvalue weighted by Crippen LogP contribution is 2.34. The van der Waals surface area contributed by atoms with E-state index in [9.17, 15) is 4.79 Å². The number of rotatable bonds is 3. The van der Waals surface area contributed by atoms with Gasteiger partial charge in [-0.2, -0.15) is 0 Å². The molecule has 1 unspecified atom stereocenters. The third-order valence-electron chi connectivity index (χ3n) is 5.08. The average Bonchev–Trinajstić information content (AvgIpc) is 2.35. The molecule has 0 radical (unpaired) electrons. The van der Waals surface area contributed by atoms with Gasteiger partial charge in [-0.05, 0) is 44.2 Å². The van der Waals surface area contributed by atoms with Crippen LogP contribution in [0.2, 0.25) is 0 Å². The summed E-state index contributed by atoms with van der Waals surface area (Å²) in [6.07, 6.45) is 8.28. The second-order valence-electron chi connectivity index (χ2n) is 6.37. The predicted molar refractivity (Wildman–Crippen MR) is 71.0 cm³/mol. The van der Waals surface area contributed by atoms with Crippen LogP contribution in [-0.4, -0.2) is 30.3 Å². The fourth-order valence-electron chi connectivity index (χ4n) is 3.19. The molecule has 1 atom stereocenters. The monoisotopic (exact) mass is 237 g/mol. The molecule has 1 saturated heterocycles. The van der Waals surface area contributed by atoms with E-state index in [4.69, 9.17) is 0 Å². The van der Waals surface area contributed by atoms with E-state index >= 15 is 0 Å². The fraction of sp³-hybridized carbons (Fsp3) is 0.933. The van der Waals surface area contributed by atoms with Crippen LogP contribution in [0.25, 0.3) is 0 Å². The summed E-state index contributed by atoms with van der Waals surface area (Å²) in [5.74, 6) is 0.884. The summed E-state index contributed by atoms with van der Waals surface area (Å²) in [7, 11) is 0. The van der Waals surface area contributed by atoms with Crippen molar-refractivity contribution in [1.29, 1.82) is 0 Å². The van der Waals surface area contributed by atoms with E-state index in [1.165, 1.54) is 38.8 Å². The molecule has 17 heavy (non-hydrogen) atoms. The topological polar surface area (TPSA) is 20.3 Å². The van der Waals surface area contributed by atoms with Crippen molar-refractivity contribution < 1.29 is 4.79 Å². The van der Waals surface area contributed by atoms with Crippen LogP contribution in [0.3, 0.4) is 0 Å². The first-order valence-corrected chi connectivity index (χ1v) is 7.38. The molecule has 98 valence electrons. The second-order valence-corrected chi connectivity index (χ2v) is 6.37. The van der Waals surface area contributed by atoms with Crippen molar-refractivity contribution in [3.05, 3.63) is 0 Å². The number of likely N-dealkylation sites (tertiary alicyclic amines) is 1. The molecular formula is C15H27NO. The Balaban J connectivity index is 1.79. The van der Waals surface area contributed by atoms with Crippen molar-refractivity contribution in [3.8, 4) is 0 Å². The van der Waals surface area contributed by atoms with Gasteiger partial charge in [-0.3, -0.25) is 4.79 Å². The van der Waals surface area contributed by atoms with Crippen molar-refractivity contribution in [2.75, 3.05) is 19.6 Å². The highest BCUT2D eigenvalue weighted by Gasteiger charge is 2.31. The molecule has 1 heterocycles. The van der Waals surface area contributed by atoms with Gasteiger partial charge in [0.05, 0.1) is 0 Å². The number of hydrogen-bond acceptors (Lipinski definition) is 2. The molecule has 0 spiro atoms. The molecule has 2 nitrogen and oxygen atoms in total. The molecule has 0 aromatic heterocycles. The first-order valence-electron chi connectivity index (χ1n) is 7.38. The van der Waals surface area contributed by atoms with E-state index in [1.807, 2.05) is 0 Å². The van der Waals surface area contributed by atoms with Crippen molar-refractivity contribution in [2.24, 2.45) is 11.3 Å². The van der Waals surface area contributed by atoms with Crippen molar-refractivity contribution in [2.45, 2.75) is 58.8 Å². The number of ketones is 1. The summed E-state index contributed by atoms with van der Waals surface area (Å²) < 4.78 is 0. The first kappa shape index (κ1) is 13.1. The zero-order valence-corrected chi connectivity index (χ0v) is 11.5. The normalized spacial score (nSPS) is 30.5. The van der Waals surface area contributed by atoms with Gasteiger partial charge in [-0.25, -0.2) is 0 Å². The summed E-state index contributed by atoms with van der Waals surface area (Å²) in [6.45, 7) is 8.16. The van der Waals surface area contributed by atoms with Crippen LogP contribution in [0.15, 0.2) is 0 Å². The lowest BCUT2D eigenvalue weighted by molar-refractivity contribution is -0.125. The van der Waals surface area contributed by atoms with Crippen LogP contribution in [-0.2, 0) is 4.79 Å². The van der Waals surface area contributed by atoms with Gasteiger partial charge >= 0.3 is 0 Å². The minimum absolute atomic E-state index is 0.356. The highest BCUT2D eigenvalue weighted by atomic mass is 16.1. The highest BCUT2D eigenvalue weighted by molar-refractivity contribution is 5.81. The molecule has 0 aromatic carbocycles. The molecule has 0 amide bonds. The Morgan fingerprint density at radius 3 is 2.59 bits per heavy atom. The summed E-state index contributed by atoms with van der Waals surface area (Å²) in [4.78, 5) is 14.4. The lowest BCUT2D eigenvalue weighted by Gasteiger charge is -2.40. The maximum absolute atomic E-state index is 11.8. The number of carbonyl (C=O) groups excluding carboxylic acids is 1. The summed E-state index contributed by atoms with van der Waals surface area (Å²) in [5.41, 5.74) is 0.563. The van der Waals surface area contributed by atoms with Gasteiger partial charge in [-0.1, -0.05) is 26.7 Å². The van der Waals surface area contributed by atoms with Crippen molar-refractivity contribution in [1.82, 2.24) is 4.90 Å². The van der Waals surface area contributed by atoms with Gasteiger partial charge in [0, 0.05) is 18.9 Å². The van der Waals surface area contributed by atoms with E-state index in [2.05, 4.69) is 18.7 Å². The molecular weight excluding hydrogens is 210 g/mol. The smallest absolute Gasteiger partial charge is 0.137 e. The molecule has 2 aliphatic rings. The van der Waals surface area contributed by atoms with E-state index in [0.29, 0.717) is 17.1 Å². The van der Waals surface area contributed by atoms with Crippen LogP contribution in [0.4, 0.5) is 0 Å². The number of Topliss-reactive ketones (excluding diaryl/α,β-unsaturated/α-hetero) is 1. The molecule has 1 saturated carbocycles. The van der Waals surface area contributed by atoms with Crippen LogP contribution < -0.4 is 0 Å². The van der Waals surface area contributed by atoms with Crippen molar-refractivity contribution >= 4 is 5.78 Å². The number of nitrogens with zero attached hydrogens (tertiary/aromatic N) is 1. The third-order valence-corrected chi connectivity index (χ3v) is 5.08. The maximum Gasteiger partial charge on any atom is 0.137 e. The average molecular weight is 237 g/mol. The molecule has 1 aliphatic carbocycles. The van der Waals surface area contributed by atoms with E-state index in [-0.39, 0.29) is 0 Å². The van der Waals surface area contributed by atoms with E-state index < -0.39 is 0 Å². The fourth-order valence-corrected chi connectivity index (χ4v) is 3.19. The Bertz CT molecular complexity index is 266. The predicted octanol–water partition coefficient (Wildman–Crippen LogP) is 3.26. The number of piperidine rings is 1. The SMILES string of the molecule is CCC1(C)CCN(CC2CCCCC2=O)CC1. The Morgan fingerprint density at radius 2 is 2.00 bits per heavy atom. The number of carbonyl (C=O) groups is 1. The second kappa shape index (κ2) is 5.51. The molecule has 2 rings (SSSR count). The molecule has 1 aliphatic heterocycles. The molecule has 2 heteroatoms. The molecule has 2 fully saturated rings. The minimum atomic E-state index is 0.356. The van der Waals surface area contributed by atoms with Gasteiger partial charge in [0.2, 0.25) is 0 Å². The lowest BCUT2D eigenvalue weighted by Crippen LogP contribution is -2.42. The quantitative estimate of drug-likeness (QED) is 0.751. The Kier molecular flexibility index (Phi) is 4.24. The van der Waals surface area contributed by atoms with Crippen LogP contribution in [0.5, 0.6) is 0 Å². The zero-order valence-electron chi connectivity index (χ0n) is 11.5. The van der Waals surface area contributed by atoms with Crippen LogP contribution in [0.1, 0.15) is 58.8 Å². The molecule has 0 N–H and O–H groups in total. The summed E-state index contributed by atoms with van der Waals surface area (Å²) in [6, 6.07) is 0. The molecule has 0 aromatic rings. The van der Waals surface area contributed by atoms with Crippen molar-refractivity contribution in [3.63, 3.8) is 0 Å². The van der Waals surface area contributed by atoms with Gasteiger partial charge in [0.1, 0.15) is 5.78 Å². The standard InChI is InChI=1S/C15H27NO/c1-3-15(2)8-10-16(11-9-15)12-13-6-4-5-7-14(13)17/h13H,3-12H2,1-2H3. The van der Waals surface area contributed by atoms with Crippen LogP contribution >= 0.6 is 0 Å². The first-order chi connectivity index (χ1) is 8.13. The maximum atomic E-state index is 11.8. The van der Waals surface area contributed by atoms with Gasteiger partial charge in [0.25, 0.3) is 0 Å². The van der Waals surface area contributed by atoms with Gasteiger partial charge in [0.15, 0.2) is 0 Å². The minimum Gasteiger partial charge on any atom is -0.303 e. The van der Waals surface area contributed by atoms with Crippen LogP contribution in [0, 0.1) is 11.3 Å². The Hall–Kier alpha value is -0.370. The summed E-state index contributed by atoms with van der Waals surface area (Å²) in [5, 5.41) is 0. The zero-order chi connectivity index (χ0) is 12.3. The van der Waals surface area contributed by atoms with E-state index in [1.54, 1.807) is 0 Å². The van der Waals surface area contributed by atoms with Gasteiger partial charge in [-0.15, -0.1) is 0 Å².